The summed E-state index contributed by atoms with van der Waals surface area (Å²) in [6.07, 6.45) is 22.5. The van der Waals surface area contributed by atoms with Gasteiger partial charge in [0, 0.05) is 18.1 Å². The zero-order valence-corrected chi connectivity index (χ0v) is 24.8. The first-order valence-electron chi connectivity index (χ1n) is 14.6. The van der Waals surface area contributed by atoms with E-state index in [4.69, 9.17) is 0 Å². The first-order valence-corrected chi connectivity index (χ1v) is 17.0. The lowest BCUT2D eigenvalue weighted by atomic mass is 9.47. The fourth-order valence-corrected chi connectivity index (χ4v) is 11.6. The van der Waals surface area contributed by atoms with E-state index in [2.05, 4.69) is 73.8 Å². The molecule has 1 N–H and O–H groups in total. The Hall–Kier alpha value is -0.0200. The van der Waals surface area contributed by atoms with E-state index in [1.54, 1.807) is 0 Å². The second-order valence-corrected chi connectivity index (χ2v) is 15.9. The van der Waals surface area contributed by atoms with Gasteiger partial charge in [-0.1, -0.05) is 80.2 Å². The van der Waals surface area contributed by atoms with Crippen LogP contribution in [0, 0.1) is 40.4 Å². The van der Waals surface area contributed by atoms with Crippen molar-refractivity contribution in [2.24, 2.45) is 40.4 Å². The maximum absolute atomic E-state index is 3.17. The average molecular weight is 504 g/mol. The predicted octanol–water partition coefficient (Wildman–Crippen LogP) is 9.65. The van der Waals surface area contributed by atoms with Crippen molar-refractivity contribution in [3.8, 4) is 0 Å². The molecule has 0 aromatic carbocycles. The third-order valence-corrected chi connectivity index (χ3v) is 13.7. The molecule has 0 spiro atoms. The van der Waals surface area contributed by atoms with Crippen LogP contribution < -0.4 is 5.32 Å². The van der Waals surface area contributed by atoms with Crippen molar-refractivity contribution in [1.29, 1.82) is 0 Å². The van der Waals surface area contributed by atoms with Gasteiger partial charge in [-0.25, -0.2) is 0 Å². The Bertz CT molecular complexity index is 742. The first kappa shape index (κ1) is 27.0. The molecule has 0 radical (unpaired) electrons. The van der Waals surface area contributed by atoms with Crippen LogP contribution in [0.1, 0.15) is 112 Å². The molecule has 4 aliphatic carbocycles. The summed E-state index contributed by atoms with van der Waals surface area (Å²) >= 11 is 0. The largest absolute Gasteiger partial charge is 0.394 e. The molecule has 34 heavy (non-hydrogen) atoms. The van der Waals surface area contributed by atoms with Crippen LogP contribution in [0.2, 0.25) is 0 Å². The number of nitrogens with one attached hydrogen (secondary N) is 1. The summed E-state index contributed by atoms with van der Waals surface area (Å²) in [5, 5.41) is 3.99. The number of allylic oxidation sites excluding steroid dienone is 2. The molecule has 7 atom stereocenters. The van der Waals surface area contributed by atoms with Gasteiger partial charge < -0.3 is 5.32 Å². The molecule has 3 heteroatoms. The van der Waals surface area contributed by atoms with E-state index in [0.29, 0.717) is 10.8 Å². The van der Waals surface area contributed by atoms with Crippen LogP contribution in [-0.4, -0.2) is 18.1 Å². The topological polar surface area (TPSA) is 12.0 Å². The summed E-state index contributed by atoms with van der Waals surface area (Å²) in [5.41, 5.74) is 4.44. The smallest absolute Gasteiger partial charge is 0.0262 e. The lowest BCUT2D eigenvalue weighted by Gasteiger charge is -2.58. The predicted molar refractivity (Wildman–Crippen MR) is 155 cm³/mol. The Balaban J connectivity index is 1.35. The Morgan fingerprint density at radius 1 is 1.12 bits per heavy atom. The molecule has 4 aliphatic rings. The van der Waals surface area contributed by atoms with Gasteiger partial charge in [0.25, 0.3) is 0 Å². The number of hydrogen-bond donors (Lipinski definition) is 1. The summed E-state index contributed by atoms with van der Waals surface area (Å²) in [4.78, 5) is 0. The van der Waals surface area contributed by atoms with Gasteiger partial charge in [-0.3, -0.25) is 0 Å². The van der Waals surface area contributed by atoms with Gasteiger partial charge in [0.15, 0.2) is 0 Å². The third-order valence-electron chi connectivity index (χ3n) is 10.7. The molecule has 1 nitrogen and oxygen atoms in total. The van der Waals surface area contributed by atoms with Gasteiger partial charge in [-0.05, 0) is 117 Å². The molecule has 0 aromatic heterocycles. The summed E-state index contributed by atoms with van der Waals surface area (Å²) in [6, 6.07) is 0. The van der Waals surface area contributed by atoms with Crippen molar-refractivity contribution in [2.45, 2.75) is 117 Å². The maximum Gasteiger partial charge on any atom is 0.0262 e. The lowest BCUT2D eigenvalue weighted by Crippen LogP contribution is -2.50. The van der Waals surface area contributed by atoms with Crippen LogP contribution in [0.5, 0.6) is 0 Å². The Labute approximate surface area is 219 Å². The van der Waals surface area contributed by atoms with Gasteiger partial charge >= 0.3 is 0 Å². The Morgan fingerprint density at radius 3 is 2.71 bits per heavy atom. The fraction of sp³-hybridized carbons (Fsp3) is 0.871. The minimum Gasteiger partial charge on any atom is -0.394 e. The summed E-state index contributed by atoms with van der Waals surface area (Å²) < 4.78 is 0. The van der Waals surface area contributed by atoms with Crippen LogP contribution >= 0.6 is 21.6 Å². The molecule has 0 saturated heterocycles. The quantitative estimate of drug-likeness (QED) is 0.181. The highest BCUT2D eigenvalue weighted by molar-refractivity contribution is 8.77. The van der Waals surface area contributed by atoms with Crippen LogP contribution in [0.15, 0.2) is 23.4 Å². The molecule has 194 valence electrons. The van der Waals surface area contributed by atoms with Gasteiger partial charge in [-0.2, -0.15) is 0 Å². The van der Waals surface area contributed by atoms with E-state index < -0.39 is 0 Å². The Kier molecular flexibility index (Phi) is 9.20. The molecule has 0 heterocycles. The van der Waals surface area contributed by atoms with Crippen LogP contribution in [0.3, 0.4) is 0 Å². The Morgan fingerprint density at radius 2 is 1.94 bits per heavy atom. The number of fused-ring (bicyclic) bond motifs is 5. The number of unbranched alkanes of at least 4 members (excludes halogenated alkanes) is 1. The van der Waals surface area contributed by atoms with Crippen molar-refractivity contribution in [3.05, 3.63) is 23.4 Å². The molecule has 0 aromatic rings. The molecule has 3 saturated carbocycles. The van der Waals surface area contributed by atoms with E-state index in [9.17, 15) is 0 Å². The van der Waals surface area contributed by atoms with Gasteiger partial charge in [0.05, 0.1) is 0 Å². The van der Waals surface area contributed by atoms with E-state index in [-0.39, 0.29) is 0 Å². The van der Waals surface area contributed by atoms with Gasteiger partial charge in [-0.15, -0.1) is 0 Å². The first-order chi connectivity index (χ1) is 16.3. The highest BCUT2D eigenvalue weighted by Crippen LogP contribution is 2.67. The highest BCUT2D eigenvalue weighted by atomic mass is 33.1. The van der Waals surface area contributed by atoms with Crippen molar-refractivity contribution >= 4 is 21.6 Å². The van der Waals surface area contributed by atoms with E-state index in [1.165, 1.54) is 82.6 Å². The van der Waals surface area contributed by atoms with E-state index in [0.717, 1.165) is 40.6 Å². The standard InChI is InChI=1S/C31H53NS2/c1-22(2)9-7-8-10-24-12-14-28-27-13-11-25-19-26(34-33-21-23(3)20-32-6)15-17-31(25,5)29(27)16-18-30(24,28)4/h11,20,22,24,26-29,32H,7-10,12-19,21H2,1-6H3/b23-20+. The summed E-state index contributed by atoms with van der Waals surface area (Å²) in [5.74, 6) is 5.96. The maximum atomic E-state index is 3.17. The minimum absolute atomic E-state index is 0.503. The van der Waals surface area contributed by atoms with Crippen molar-refractivity contribution in [3.63, 3.8) is 0 Å². The van der Waals surface area contributed by atoms with E-state index >= 15 is 0 Å². The number of rotatable bonds is 10. The van der Waals surface area contributed by atoms with Crippen LogP contribution in [-0.2, 0) is 0 Å². The molecule has 0 aliphatic heterocycles. The zero-order chi connectivity index (χ0) is 24.3. The molecule has 4 rings (SSSR count). The van der Waals surface area contributed by atoms with Gasteiger partial charge in [0.1, 0.15) is 0 Å². The monoisotopic (exact) mass is 503 g/mol. The lowest BCUT2D eigenvalue weighted by molar-refractivity contribution is -0.0421. The molecule has 0 amide bonds. The molecule has 0 bridgehead atoms. The minimum atomic E-state index is 0.503. The van der Waals surface area contributed by atoms with Crippen LogP contribution in [0.25, 0.3) is 0 Å². The average Bonchev–Trinajstić information content (AvgIpc) is 3.13. The fourth-order valence-electron chi connectivity index (χ4n) is 8.75. The van der Waals surface area contributed by atoms with Crippen molar-refractivity contribution in [2.75, 3.05) is 12.8 Å². The summed E-state index contributed by atoms with van der Waals surface area (Å²) in [6.45, 7) is 12.4. The van der Waals surface area contributed by atoms with Crippen molar-refractivity contribution in [1.82, 2.24) is 5.32 Å². The van der Waals surface area contributed by atoms with Crippen LogP contribution in [0.4, 0.5) is 0 Å². The zero-order valence-electron chi connectivity index (χ0n) is 23.1. The van der Waals surface area contributed by atoms with Crippen molar-refractivity contribution < 1.29 is 0 Å². The molecular formula is C31H53NS2. The third kappa shape index (κ3) is 5.61. The molecule has 3 fully saturated rings. The summed E-state index contributed by atoms with van der Waals surface area (Å²) in [7, 11) is 6.24. The number of hydrogen-bond acceptors (Lipinski definition) is 3. The van der Waals surface area contributed by atoms with E-state index in [1.807, 2.05) is 12.6 Å². The molecular weight excluding hydrogens is 450 g/mol. The normalized spacial score (nSPS) is 39.9. The second-order valence-electron chi connectivity index (χ2n) is 13.3. The second kappa shape index (κ2) is 11.6. The molecule has 7 unspecified atom stereocenters. The SMILES string of the molecule is CN/C=C(\C)CSSC1CCC2(C)C(=CCC3C2CCC2(C)C(CCCCC(C)C)CCC32)C1. The highest BCUT2D eigenvalue weighted by Gasteiger charge is 2.58. The van der Waals surface area contributed by atoms with Gasteiger partial charge in [0.2, 0.25) is 0 Å².